The van der Waals surface area contributed by atoms with Crippen LogP contribution in [0.1, 0.15) is 44.0 Å². The van der Waals surface area contributed by atoms with Crippen LogP contribution >= 0.6 is 0 Å². The minimum Gasteiger partial charge on any atom is -0.494 e. The molecule has 1 saturated heterocycles. The van der Waals surface area contributed by atoms with Gasteiger partial charge in [0.15, 0.2) is 5.65 Å². The predicted molar refractivity (Wildman–Crippen MR) is 127 cm³/mol. The minimum atomic E-state index is 0.378. The van der Waals surface area contributed by atoms with Crippen molar-refractivity contribution in [3.05, 3.63) is 35.8 Å². The zero-order valence-corrected chi connectivity index (χ0v) is 19.2. The third-order valence-corrected chi connectivity index (χ3v) is 6.40. The molecule has 10 heteroatoms. The first-order valence-corrected chi connectivity index (χ1v) is 11.6. The Morgan fingerprint density at radius 2 is 1.94 bits per heavy atom. The number of aromatic amines is 1. The number of para-hydroxylation sites is 1. The van der Waals surface area contributed by atoms with Crippen molar-refractivity contribution in [1.82, 2.24) is 34.9 Å². The molecule has 33 heavy (non-hydrogen) atoms. The number of nitrogens with one attached hydrogen (secondary N) is 3. The molecule has 3 aromatic heterocycles. The summed E-state index contributed by atoms with van der Waals surface area (Å²) >= 11 is 0. The van der Waals surface area contributed by atoms with Gasteiger partial charge in [0.05, 0.1) is 25.4 Å². The molecule has 0 spiro atoms. The molecule has 4 heterocycles. The second-order valence-electron chi connectivity index (χ2n) is 9.22. The van der Waals surface area contributed by atoms with Crippen molar-refractivity contribution in [1.29, 1.82) is 0 Å². The van der Waals surface area contributed by atoms with E-state index in [0.717, 1.165) is 47.3 Å². The Labute approximate surface area is 191 Å². The molecule has 172 valence electrons. The van der Waals surface area contributed by atoms with E-state index in [9.17, 15) is 0 Å². The van der Waals surface area contributed by atoms with Gasteiger partial charge in [-0.25, -0.2) is 4.98 Å². The van der Waals surface area contributed by atoms with Gasteiger partial charge in [-0.1, -0.05) is 6.07 Å². The number of rotatable bonds is 6. The number of hydrogen-bond donors (Lipinski definition) is 3. The summed E-state index contributed by atoms with van der Waals surface area (Å²) in [5.74, 6) is 3.54. The lowest BCUT2D eigenvalue weighted by Crippen LogP contribution is -2.54. The van der Waals surface area contributed by atoms with Gasteiger partial charge in [-0.3, -0.25) is 0 Å². The van der Waals surface area contributed by atoms with Gasteiger partial charge in [0.2, 0.25) is 11.9 Å². The second kappa shape index (κ2) is 7.87. The summed E-state index contributed by atoms with van der Waals surface area (Å²) in [7, 11) is 1.66. The Morgan fingerprint density at radius 3 is 2.70 bits per heavy atom. The molecule has 0 unspecified atom stereocenters. The summed E-state index contributed by atoms with van der Waals surface area (Å²) in [4.78, 5) is 20.2. The van der Waals surface area contributed by atoms with Crippen molar-refractivity contribution in [2.75, 3.05) is 30.4 Å². The van der Waals surface area contributed by atoms with E-state index in [0.29, 0.717) is 30.5 Å². The maximum absolute atomic E-state index is 5.44. The molecule has 1 aliphatic carbocycles. The van der Waals surface area contributed by atoms with Gasteiger partial charge in [0, 0.05) is 30.7 Å². The van der Waals surface area contributed by atoms with E-state index in [-0.39, 0.29) is 0 Å². The summed E-state index contributed by atoms with van der Waals surface area (Å²) in [6, 6.07) is 6.62. The minimum absolute atomic E-state index is 0.378. The number of nitrogens with zero attached hydrogens (tertiary/aromatic N) is 6. The molecule has 3 N–H and O–H groups in total. The van der Waals surface area contributed by atoms with E-state index in [2.05, 4.69) is 39.5 Å². The normalized spacial score (nSPS) is 21.1. The van der Waals surface area contributed by atoms with Crippen LogP contribution in [0.25, 0.3) is 16.7 Å². The molecule has 1 aliphatic heterocycles. The van der Waals surface area contributed by atoms with Gasteiger partial charge in [0.25, 0.3) is 0 Å². The van der Waals surface area contributed by atoms with E-state index < -0.39 is 0 Å². The van der Waals surface area contributed by atoms with Gasteiger partial charge in [-0.2, -0.15) is 19.6 Å². The molecule has 0 amide bonds. The van der Waals surface area contributed by atoms with Crippen molar-refractivity contribution in [2.45, 2.75) is 51.2 Å². The summed E-state index contributed by atoms with van der Waals surface area (Å²) in [5.41, 5.74) is 3.88. The largest absolute Gasteiger partial charge is 0.494 e. The molecule has 2 atom stereocenters. The number of methoxy groups -OCH3 is 1. The van der Waals surface area contributed by atoms with Crippen LogP contribution < -0.4 is 20.3 Å². The van der Waals surface area contributed by atoms with Crippen molar-refractivity contribution < 1.29 is 4.74 Å². The fourth-order valence-corrected chi connectivity index (χ4v) is 4.78. The van der Waals surface area contributed by atoms with Crippen LogP contribution in [-0.2, 0) is 6.54 Å². The van der Waals surface area contributed by atoms with E-state index >= 15 is 0 Å². The first kappa shape index (κ1) is 20.2. The molecule has 4 aromatic rings. The zero-order valence-electron chi connectivity index (χ0n) is 19.2. The first-order chi connectivity index (χ1) is 16.1. The summed E-state index contributed by atoms with van der Waals surface area (Å²) in [6.07, 6.45) is 4.35. The Hall–Kier alpha value is -3.40. The highest BCUT2D eigenvalue weighted by molar-refractivity contribution is 5.81. The highest BCUT2D eigenvalue weighted by atomic mass is 16.5. The highest BCUT2D eigenvalue weighted by Gasteiger charge is 2.30. The fraction of sp³-hybridized carbons (Fsp3) is 0.478. The molecule has 0 radical (unpaired) electrons. The van der Waals surface area contributed by atoms with Crippen molar-refractivity contribution >= 4 is 28.6 Å². The first-order valence-electron chi connectivity index (χ1n) is 11.6. The van der Waals surface area contributed by atoms with E-state index in [4.69, 9.17) is 19.7 Å². The molecule has 0 bridgehead atoms. The Balaban J connectivity index is 1.35. The fourth-order valence-electron chi connectivity index (χ4n) is 4.78. The van der Waals surface area contributed by atoms with Gasteiger partial charge >= 0.3 is 0 Å². The van der Waals surface area contributed by atoms with Crippen LogP contribution in [0.15, 0.2) is 24.4 Å². The van der Waals surface area contributed by atoms with E-state index in [1.165, 1.54) is 18.4 Å². The molecule has 1 saturated carbocycles. The SMILES string of the molecule is COc1cccc2[nH]c(CNc3nc(N4C[C@@H](C)N[C@@H](C)C4)nc4c(C5CC5)cnn34)nc12. The second-order valence-corrected chi connectivity index (χ2v) is 9.22. The van der Waals surface area contributed by atoms with Crippen molar-refractivity contribution in [3.63, 3.8) is 0 Å². The van der Waals surface area contributed by atoms with Crippen LogP contribution in [-0.4, -0.2) is 61.8 Å². The monoisotopic (exact) mass is 447 g/mol. The molecule has 2 fully saturated rings. The topological polar surface area (TPSA) is 108 Å². The maximum Gasteiger partial charge on any atom is 0.230 e. The number of imidazole rings is 1. The Kier molecular flexibility index (Phi) is 4.83. The van der Waals surface area contributed by atoms with E-state index in [1.54, 1.807) is 7.11 Å². The number of piperazine rings is 1. The summed E-state index contributed by atoms with van der Waals surface area (Å²) in [5, 5.41) is 11.7. The van der Waals surface area contributed by atoms with Crippen LogP contribution in [0.3, 0.4) is 0 Å². The summed E-state index contributed by atoms with van der Waals surface area (Å²) < 4.78 is 7.27. The van der Waals surface area contributed by atoms with Crippen molar-refractivity contribution in [2.24, 2.45) is 0 Å². The Morgan fingerprint density at radius 1 is 1.12 bits per heavy atom. The van der Waals surface area contributed by atoms with Crippen LogP contribution in [0.2, 0.25) is 0 Å². The lowest BCUT2D eigenvalue weighted by Gasteiger charge is -2.36. The summed E-state index contributed by atoms with van der Waals surface area (Å²) in [6.45, 7) is 6.62. The average molecular weight is 448 g/mol. The van der Waals surface area contributed by atoms with E-state index in [1.807, 2.05) is 28.9 Å². The van der Waals surface area contributed by atoms with Gasteiger partial charge in [-0.05, 0) is 44.7 Å². The van der Waals surface area contributed by atoms with Gasteiger partial charge in [0.1, 0.15) is 17.1 Å². The van der Waals surface area contributed by atoms with Crippen LogP contribution in [0.5, 0.6) is 5.75 Å². The third kappa shape index (κ3) is 3.74. The number of anilines is 2. The molecular formula is C23H29N9O. The maximum atomic E-state index is 5.44. The van der Waals surface area contributed by atoms with Crippen LogP contribution in [0, 0.1) is 0 Å². The number of aromatic nitrogens is 6. The smallest absolute Gasteiger partial charge is 0.230 e. The molecule has 1 aromatic carbocycles. The number of H-pyrrole nitrogens is 1. The highest BCUT2D eigenvalue weighted by Crippen LogP contribution is 2.42. The quantitative estimate of drug-likeness (QED) is 0.414. The lowest BCUT2D eigenvalue weighted by molar-refractivity contribution is 0.403. The standard InChI is InChI=1S/C23H29N9O/c1-13-11-31(12-14(2)26-13)23-29-21-16(15-7-8-15)9-25-32(21)22(30-23)24-10-19-27-17-5-4-6-18(33-3)20(17)28-19/h4-6,9,13-15,26H,7-8,10-12H2,1-3H3,(H,27,28)(H,24,29,30)/t13-,14+. The molecule has 2 aliphatic rings. The number of fused-ring (bicyclic) bond motifs is 2. The number of ether oxygens (including phenoxy) is 1. The van der Waals surface area contributed by atoms with Crippen molar-refractivity contribution in [3.8, 4) is 5.75 Å². The zero-order chi connectivity index (χ0) is 22.5. The van der Waals surface area contributed by atoms with Gasteiger partial charge in [-0.15, -0.1) is 0 Å². The average Bonchev–Trinajstić information content (AvgIpc) is 3.41. The lowest BCUT2D eigenvalue weighted by atomic mass is 10.1. The molecular weight excluding hydrogens is 418 g/mol. The number of hydrogen-bond acceptors (Lipinski definition) is 8. The van der Waals surface area contributed by atoms with Crippen LogP contribution in [0.4, 0.5) is 11.9 Å². The molecule has 6 rings (SSSR count). The third-order valence-electron chi connectivity index (χ3n) is 6.40. The molecule has 10 nitrogen and oxygen atoms in total. The van der Waals surface area contributed by atoms with Gasteiger partial charge < -0.3 is 25.3 Å². The Bertz CT molecular complexity index is 1300. The predicted octanol–water partition coefficient (Wildman–Crippen LogP) is 2.69. The number of benzene rings is 1.